The third kappa shape index (κ3) is 1.65. The van der Waals surface area contributed by atoms with Crippen molar-refractivity contribution in [1.82, 2.24) is 14.7 Å². The lowest BCUT2D eigenvalue weighted by molar-refractivity contribution is 0.130. The fourth-order valence-corrected chi connectivity index (χ4v) is 2.98. The number of aryl methyl sites for hydroxylation is 1. The molecule has 0 radical (unpaired) electrons. The Morgan fingerprint density at radius 1 is 1.62 bits per heavy atom. The minimum atomic E-state index is 0.270. The van der Waals surface area contributed by atoms with Gasteiger partial charge in [0.05, 0.1) is 24.0 Å². The Kier molecular flexibility index (Phi) is 2.67. The van der Waals surface area contributed by atoms with Crippen LogP contribution in [0.25, 0.3) is 4.96 Å². The second-order valence-electron chi connectivity index (χ2n) is 4.07. The van der Waals surface area contributed by atoms with Gasteiger partial charge in [0.25, 0.3) is 0 Å². The molecule has 1 unspecified atom stereocenters. The summed E-state index contributed by atoms with van der Waals surface area (Å²) in [5.74, 6) is 0. The lowest BCUT2D eigenvalue weighted by atomic mass is 10.2. The van der Waals surface area contributed by atoms with E-state index < -0.39 is 0 Å². The molecule has 3 rings (SSSR count). The lowest BCUT2D eigenvalue weighted by Gasteiger charge is -2.15. The van der Waals surface area contributed by atoms with Gasteiger partial charge in [-0.1, -0.05) is 0 Å². The topological polar surface area (TPSA) is 38.6 Å². The Morgan fingerprint density at radius 3 is 3.50 bits per heavy atom. The number of thiazole rings is 1. The summed E-state index contributed by atoms with van der Waals surface area (Å²) < 4.78 is 7.78. The van der Waals surface area contributed by atoms with Gasteiger partial charge >= 0.3 is 0 Å². The molecule has 1 fully saturated rings. The van der Waals surface area contributed by atoms with Crippen molar-refractivity contribution in [2.45, 2.75) is 19.4 Å². The SMILES string of the molecule is Cc1nc2sccn2c1C1COCCCN1. The maximum atomic E-state index is 5.61. The van der Waals surface area contributed by atoms with E-state index in [1.54, 1.807) is 11.3 Å². The Balaban J connectivity index is 2.02. The molecule has 0 amide bonds. The number of hydrogen-bond acceptors (Lipinski definition) is 4. The van der Waals surface area contributed by atoms with E-state index in [9.17, 15) is 0 Å². The maximum absolute atomic E-state index is 5.61. The summed E-state index contributed by atoms with van der Waals surface area (Å²) >= 11 is 1.67. The van der Waals surface area contributed by atoms with E-state index in [2.05, 4.69) is 33.2 Å². The van der Waals surface area contributed by atoms with E-state index in [1.807, 2.05) is 0 Å². The summed E-state index contributed by atoms with van der Waals surface area (Å²) in [5.41, 5.74) is 2.35. The van der Waals surface area contributed by atoms with Crippen LogP contribution in [0.1, 0.15) is 23.9 Å². The first-order valence-corrected chi connectivity index (χ1v) is 6.47. The van der Waals surface area contributed by atoms with Crippen molar-refractivity contribution in [3.05, 3.63) is 23.0 Å². The van der Waals surface area contributed by atoms with E-state index >= 15 is 0 Å². The molecule has 5 heteroatoms. The van der Waals surface area contributed by atoms with Gasteiger partial charge in [-0.2, -0.15) is 0 Å². The Morgan fingerprint density at radius 2 is 2.56 bits per heavy atom. The average Bonchev–Trinajstić information content (AvgIpc) is 2.70. The van der Waals surface area contributed by atoms with Crippen molar-refractivity contribution >= 4 is 16.3 Å². The number of rotatable bonds is 1. The van der Waals surface area contributed by atoms with Crippen molar-refractivity contribution in [2.24, 2.45) is 0 Å². The zero-order valence-corrected chi connectivity index (χ0v) is 10.1. The Labute approximate surface area is 98.3 Å². The molecule has 1 aliphatic rings. The molecule has 1 saturated heterocycles. The first-order chi connectivity index (χ1) is 7.86. The van der Waals surface area contributed by atoms with Crippen molar-refractivity contribution in [3.8, 4) is 0 Å². The van der Waals surface area contributed by atoms with E-state index in [0.717, 1.165) is 36.8 Å². The van der Waals surface area contributed by atoms with E-state index in [4.69, 9.17) is 4.74 Å². The predicted molar refractivity (Wildman–Crippen MR) is 64.0 cm³/mol. The zero-order chi connectivity index (χ0) is 11.0. The Hall–Kier alpha value is -0.910. The summed E-state index contributed by atoms with van der Waals surface area (Å²) in [4.78, 5) is 5.63. The molecule has 1 atom stereocenters. The second kappa shape index (κ2) is 4.16. The smallest absolute Gasteiger partial charge is 0.194 e. The van der Waals surface area contributed by atoms with Crippen LogP contribution in [0.4, 0.5) is 0 Å². The van der Waals surface area contributed by atoms with Gasteiger partial charge in [0.15, 0.2) is 4.96 Å². The van der Waals surface area contributed by atoms with Crippen molar-refractivity contribution < 1.29 is 4.74 Å². The van der Waals surface area contributed by atoms with Gasteiger partial charge < -0.3 is 10.1 Å². The maximum Gasteiger partial charge on any atom is 0.194 e. The number of nitrogens with one attached hydrogen (secondary N) is 1. The Bertz CT molecular complexity index is 482. The molecule has 0 bridgehead atoms. The largest absolute Gasteiger partial charge is 0.379 e. The number of ether oxygens (including phenoxy) is 1. The van der Waals surface area contributed by atoms with Crippen LogP contribution in [0.3, 0.4) is 0 Å². The third-order valence-corrected chi connectivity index (χ3v) is 3.71. The summed E-state index contributed by atoms with van der Waals surface area (Å²) in [7, 11) is 0. The molecule has 2 aromatic rings. The number of nitrogens with zero attached hydrogens (tertiary/aromatic N) is 2. The monoisotopic (exact) mass is 237 g/mol. The molecule has 16 heavy (non-hydrogen) atoms. The fraction of sp³-hybridized carbons (Fsp3) is 0.545. The summed E-state index contributed by atoms with van der Waals surface area (Å²) in [6, 6.07) is 0.270. The molecule has 0 aliphatic carbocycles. The van der Waals surface area contributed by atoms with Crippen LogP contribution in [0.2, 0.25) is 0 Å². The van der Waals surface area contributed by atoms with Crippen LogP contribution in [-0.2, 0) is 4.74 Å². The van der Waals surface area contributed by atoms with Crippen LogP contribution in [0, 0.1) is 6.92 Å². The van der Waals surface area contributed by atoms with E-state index in [1.165, 1.54) is 5.69 Å². The third-order valence-electron chi connectivity index (χ3n) is 2.95. The first-order valence-electron chi connectivity index (χ1n) is 5.59. The van der Waals surface area contributed by atoms with Gasteiger partial charge in [0, 0.05) is 18.2 Å². The van der Waals surface area contributed by atoms with Crippen LogP contribution >= 0.6 is 11.3 Å². The zero-order valence-electron chi connectivity index (χ0n) is 9.27. The number of aromatic nitrogens is 2. The van der Waals surface area contributed by atoms with Crippen LogP contribution in [-0.4, -0.2) is 29.1 Å². The van der Waals surface area contributed by atoms with Crippen LogP contribution in [0.15, 0.2) is 11.6 Å². The normalized spacial score (nSPS) is 22.4. The molecule has 1 aliphatic heterocycles. The molecular formula is C11H15N3OS. The van der Waals surface area contributed by atoms with Crippen LogP contribution < -0.4 is 5.32 Å². The number of fused-ring (bicyclic) bond motifs is 1. The second-order valence-corrected chi connectivity index (χ2v) is 4.95. The van der Waals surface area contributed by atoms with Crippen molar-refractivity contribution in [1.29, 1.82) is 0 Å². The standard InChI is InChI=1S/C11H15N3OS/c1-8-10(9-7-15-5-2-3-12-9)14-4-6-16-11(14)13-8/h4,6,9,12H,2-3,5,7H2,1H3. The van der Waals surface area contributed by atoms with Crippen molar-refractivity contribution in [2.75, 3.05) is 19.8 Å². The molecule has 0 saturated carbocycles. The molecular weight excluding hydrogens is 222 g/mol. The van der Waals surface area contributed by atoms with Gasteiger partial charge in [-0.15, -0.1) is 11.3 Å². The summed E-state index contributed by atoms with van der Waals surface area (Å²) in [5, 5.41) is 5.60. The molecule has 2 aromatic heterocycles. The van der Waals surface area contributed by atoms with Gasteiger partial charge in [-0.3, -0.25) is 4.40 Å². The molecule has 86 valence electrons. The highest BCUT2D eigenvalue weighted by molar-refractivity contribution is 7.15. The van der Waals surface area contributed by atoms with Crippen molar-refractivity contribution in [3.63, 3.8) is 0 Å². The molecule has 4 nitrogen and oxygen atoms in total. The highest BCUT2D eigenvalue weighted by atomic mass is 32.1. The molecule has 1 N–H and O–H groups in total. The minimum Gasteiger partial charge on any atom is -0.379 e. The predicted octanol–water partition coefficient (Wildman–Crippen LogP) is 1.76. The molecule has 0 aromatic carbocycles. The molecule has 0 spiro atoms. The molecule has 3 heterocycles. The summed E-state index contributed by atoms with van der Waals surface area (Å²) in [6.07, 6.45) is 3.17. The highest BCUT2D eigenvalue weighted by Crippen LogP contribution is 2.23. The van der Waals surface area contributed by atoms with Gasteiger partial charge in [0.2, 0.25) is 0 Å². The van der Waals surface area contributed by atoms with Gasteiger partial charge in [0.1, 0.15) is 0 Å². The number of hydrogen-bond donors (Lipinski definition) is 1. The van der Waals surface area contributed by atoms with Gasteiger partial charge in [-0.25, -0.2) is 4.98 Å². The number of imidazole rings is 1. The minimum absolute atomic E-state index is 0.270. The first kappa shape index (κ1) is 10.3. The highest BCUT2D eigenvalue weighted by Gasteiger charge is 2.21. The average molecular weight is 237 g/mol. The van der Waals surface area contributed by atoms with Gasteiger partial charge in [-0.05, 0) is 19.9 Å². The summed E-state index contributed by atoms with van der Waals surface area (Å²) in [6.45, 7) is 4.68. The quantitative estimate of drug-likeness (QED) is 0.821. The van der Waals surface area contributed by atoms with Crippen LogP contribution in [0.5, 0.6) is 0 Å². The fourth-order valence-electron chi connectivity index (χ4n) is 2.22. The van der Waals surface area contributed by atoms with E-state index in [-0.39, 0.29) is 6.04 Å². The lowest BCUT2D eigenvalue weighted by Crippen LogP contribution is -2.25. The van der Waals surface area contributed by atoms with E-state index in [0.29, 0.717) is 0 Å².